The predicted octanol–water partition coefficient (Wildman–Crippen LogP) is 6.46. The molecule has 8 nitrogen and oxygen atoms in total. The maximum absolute atomic E-state index is 13.6. The maximum atomic E-state index is 13.6. The minimum absolute atomic E-state index is 0.00119. The van der Waals surface area contributed by atoms with Crippen molar-refractivity contribution in [3.05, 3.63) is 82.1 Å². The van der Waals surface area contributed by atoms with Crippen molar-refractivity contribution < 1.29 is 36.2 Å². The molecule has 224 valence electrons. The summed E-state index contributed by atoms with van der Waals surface area (Å²) in [5.41, 5.74) is 0.842. The summed E-state index contributed by atoms with van der Waals surface area (Å²) in [6, 6.07) is 11.1. The van der Waals surface area contributed by atoms with Gasteiger partial charge in [-0.2, -0.15) is 13.1 Å². The van der Waals surface area contributed by atoms with Gasteiger partial charge in [-0.25, -0.2) is 8.42 Å². The lowest BCUT2D eigenvalue weighted by Gasteiger charge is -2.26. The van der Waals surface area contributed by atoms with E-state index in [2.05, 4.69) is 9.72 Å². The topological polar surface area (TPSA) is 95.0 Å². The van der Waals surface area contributed by atoms with Crippen LogP contribution in [0.2, 0.25) is 10.0 Å². The number of sulfonamides is 1. The van der Waals surface area contributed by atoms with E-state index in [0.717, 1.165) is 17.1 Å². The third-order valence-electron chi connectivity index (χ3n) is 7.15. The zero-order valence-electron chi connectivity index (χ0n) is 22.3. The number of rotatable bonds is 12. The van der Waals surface area contributed by atoms with Gasteiger partial charge in [-0.05, 0) is 67.0 Å². The Kier molecular flexibility index (Phi) is 9.51. The number of nitrogens with zero attached hydrogens (tertiary/aromatic N) is 2. The zero-order valence-corrected chi connectivity index (χ0v) is 24.6. The number of esters is 1. The van der Waals surface area contributed by atoms with Crippen molar-refractivity contribution >= 4 is 39.2 Å². The molecule has 2 aromatic carbocycles. The lowest BCUT2D eigenvalue weighted by molar-refractivity contribution is -0.153. The monoisotopic (exact) mass is 640 g/mol. The van der Waals surface area contributed by atoms with Crippen LogP contribution < -0.4 is 9.47 Å². The highest BCUT2D eigenvalue weighted by atomic mass is 35.5. The van der Waals surface area contributed by atoms with Crippen molar-refractivity contribution in [2.45, 2.75) is 55.8 Å². The van der Waals surface area contributed by atoms with Gasteiger partial charge in [0, 0.05) is 25.4 Å². The Hall–Kier alpha value is -2.99. The molecule has 0 amide bonds. The molecule has 1 saturated carbocycles. The molecule has 1 aromatic heterocycles. The Morgan fingerprint density at radius 3 is 2.40 bits per heavy atom. The summed E-state index contributed by atoms with van der Waals surface area (Å²) in [5, 5.41) is 0.473. The summed E-state index contributed by atoms with van der Waals surface area (Å²) in [5.74, 6) is -0.514. The number of benzene rings is 2. The van der Waals surface area contributed by atoms with E-state index >= 15 is 0 Å². The van der Waals surface area contributed by atoms with Crippen molar-refractivity contribution in [2.75, 3.05) is 13.2 Å². The molecule has 13 heteroatoms. The second-order valence-electron chi connectivity index (χ2n) is 10.1. The summed E-state index contributed by atoms with van der Waals surface area (Å²) < 4.78 is 70.6. The van der Waals surface area contributed by atoms with Crippen molar-refractivity contribution in [1.82, 2.24) is 9.29 Å². The highest BCUT2D eigenvalue weighted by molar-refractivity contribution is 7.89. The molecule has 1 aliphatic carbocycles. The van der Waals surface area contributed by atoms with E-state index in [-0.39, 0.29) is 45.8 Å². The first-order chi connectivity index (χ1) is 20.1. The molecular formula is C29H28Cl2F2N2O6S. The van der Waals surface area contributed by atoms with Gasteiger partial charge in [0.25, 0.3) is 0 Å². The number of hydrogen-bond acceptors (Lipinski definition) is 7. The van der Waals surface area contributed by atoms with Gasteiger partial charge in [0.2, 0.25) is 10.0 Å². The minimum Gasteiger partial charge on any atom is -0.489 e. The minimum atomic E-state index is -3.96. The highest BCUT2D eigenvalue weighted by Gasteiger charge is 2.41. The number of halogens is 4. The van der Waals surface area contributed by atoms with Crippen LogP contribution in [0.25, 0.3) is 0 Å². The van der Waals surface area contributed by atoms with E-state index in [1.807, 2.05) is 0 Å². The van der Waals surface area contributed by atoms with Crippen LogP contribution in [0.1, 0.15) is 42.9 Å². The first kappa shape index (κ1) is 30.5. The number of hydrogen-bond donors (Lipinski definition) is 0. The van der Waals surface area contributed by atoms with E-state index in [1.165, 1.54) is 42.7 Å². The molecule has 3 aromatic rings. The van der Waals surface area contributed by atoms with Crippen LogP contribution in [0.5, 0.6) is 11.5 Å². The third-order valence-corrected chi connectivity index (χ3v) is 9.73. The van der Waals surface area contributed by atoms with Gasteiger partial charge < -0.3 is 14.2 Å². The number of alkyl halides is 2. The lowest BCUT2D eigenvalue weighted by atomic mass is 10.0. The average Bonchev–Trinajstić information content (AvgIpc) is 3.65. The second kappa shape index (κ2) is 13.1. The molecule has 0 bridgehead atoms. The van der Waals surface area contributed by atoms with Crippen LogP contribution in [-0.2, 0) is 26.0 Å². The summed E-state index contributed by atoms with van der Waals surface area (Å²) in [4.78, 5) is 17.7. The first-order valence-corrected chi connectivity index (χ1v) is 15.6. The summed E-state index contributed by atoms with van der Waals surface area (Å²) >= 11 is 12.8. The number of pyridine rings is 1. The van der Waals surface area contributed by atoms with Crippen molar-refractivity contribution in [3.8, 4) is 11.5 Å². The van der Waals surface area contributed by atoms with Crippen LogP contribution in [0, 0.1) is 5.92 Å². The van der Waals surface area contributed by atoms with Crippen molar-refractivity contribution in [2.24, 2.45) is 5.92 Å². The van der Waals surface area contributed by atoms with Crippen molar-refractivity contribution in [3.63, 3.8) is 0 Å². The summed E-state index contributed by atoms with van der Waals surface area (Å²) in [6.07, 6.45) is 4.47. The second-order valence-corrected chi connectivity index (χ2v) is 12.8. The Bertz CT molecular complexity index is 1510. The lowest BCUT2D eigenvalue weighted by Crippen LogP contribution is -2.41. The number of aromatic nitrogens is 1. The fourth-order valence-corrected chi connectivity index (χ4v) is 6.97. The van der Waals surface area contributed by atoms with E-state index < -0.39 is 34.7 Å². The van der Waals surface area contributed by atoms with E-state index in [4.69, 9.17) is 32.7 Å². The zero-order chi connectivity index (χ0) is 29.9. The molecule has 0 spiro atoms. The molecule has 2 heterocycles. The molecule has 5 rings (SSSR count). The van der Waals surface area contributed by atoms with Crippen LogP contribution in [-0.4, -0.2) is 49.5 Å². The van der Waals surface area contributed by atoms with Gasteiger partial charge in [0.15, 0.2) is 11.5 Å². The van der Waals surface area contributed by atoms with Gasteiger partial charge in [-0.15, -0.1) is 0 Å². The quantitative estimate of drug-likeness (QED) is 0.210. The average molecular weight is 642 g/mol. The Labute approximate surface area is 252 Å². The molecule has 2 fully saturated rings. The summed E-state index contributed by atoms with van der Waals surface area (Å²) in [7, 11) is -3.96. The molecule has 0 unspecified atom stereocenters. The van der Waals surface area contributed by atoms with Gasteiger partial charge in [-0.3, -0.25) is 9.78 Å². The first-order valence-electron chi connectivity index (χ1n) is 13.4. The summed E-state index contributed by atoms with van der Waals surface area (Å²) in [6.45, 7) is -2.59. The van der Waals surface area contributed by atoms with Gasteiger partial charge in [-0.1, -0.05) is 47.5 Å². The van der Waals surface area contributed by atoms with Gasteiger partial charge in [0.1, 0.15) is 12.1 Å². The Morgan fingerprint density at radius 1 is 1.02 bits per heavy atom. The van der Waals surface area contributed by atoms with Crippen LogP contribution >= 0.6 is 23.2 Å². The number of carbonyl (C=O) groups excluding carboxylic acids is 1. The maximum Gasteiger partial charge on any atom is 0.387 e. The molecule has 2 aliphatic rings. The van der Waals surface area contributed by atoms with Crippen molar-refractivity contribution in [1.29, 1.82) is 0 Å². The Balaban J connectivity index is 1.46. The molecule has 1 aliphatic heterocycles. The van der Waals surface area contributed by atoms with E-state index in [1.54, 1.807) is 18.2 Å². The third kappa shape index (κ3) is 7.14. The molecule has 2 atom stereocenters. The smallest absolute Gasteiger partial charge is 0.387 e. The molecule has 0 radical (unpaired) electrons. The van der Waals surface area contributed by atoms with E-state index in [9.17, 15) is 22.0 Å². The van der Waals surface area contributed by atoms with Gasteiger partial charge in [0.05, 0.1) is 21.5 Å². The number of carbonyl (C=O) groups is 1. The standard InChI is InChI=1S/C29H28Cl2F2N2O6S/c30-22-15-34-16-23(31)21(22)14-26(19-10-11-25(41-29(32)33)27(13-19)39-17-18-8-9-18)40-28(36)24-7-4-12-35(24)42(37,38)20-5-2-1-3-6-20/h1-3,5-6,10-11,13,15-16,18,24,26,29H,4,7-9,12,14,17H2/t24-,26-/m0/s1. The Morgan fingerprint density at radius 2 is 1.74 bits per heavy atom. The molecule has 1 saturated heterocycles. The fraction of sp³-hybridized carbons (Fsp3) is 0.379. The van der Waals surface area contributed by atoms with Crippen LogP contribution in [0.4, 0.5) is 8.78 Å². The highest BCUT2D eigenvalue weighted by Crippen LogP contribution is 2.38. The molecular weight excluding hydrogens is 613 g/mol. The van der Waals surface area contributed by atoms with E-state index in [0.29, 0.717) is 30.1 Å². The van der Waals surface area contributed by atoms with Crippen LogP contribution in [0.15, 0.2) is 65.8 Å². The predicted molar refractivity (Wildman–Crippen MR) is 151 cm³/mol. The normalized spacial score (nSPS) is 18.2. The number of ether oxygens (including phenoxy) is 3. The molecule has 42 heavy (non-hydrogen) atoms. The van der Waals surface area contributed by atoms with Crippen LogP contribution in [0.3, 0.4) is 0 Å². The van der Waals surface area contributed by atoms with Gasteiger partial charge >= 0.3 is 12.6 Å². The molecule has 0 N–H and O–H groups in total. The SMILES string of the molecule is O=C(O[C@@H](Cc1c(Cl)cncc1Cl)c1ccc(OC(F)F)c(OCC2CC2)c1)[C@@H]1CCCN1S(=O)(=O)c1ccccc1. The fourth-order valence-electron chi connectivity index (χ4n) is 4.78. The largest absolute Gasteiger partial charge is 0.489 e.